The molecular formula is C21H19NO5S. The summed E-state index contributed by atoms with van der Waals surface area (Å²) in [7, 11) is -2.49. The van der Waals surface area contributed by atoms with E-state index in [-0.39, 0.29) is 34.9 Å². The summed E-state index contributed by atoms with van der Waals surface area (Å²) < 4.78 is 19.7. The molecule has 2 saturated heterocycles. The number of ketones is 2. The van der Waals surface area contributed by atoms with Gasteiger partial charge in [-0.1, -0.05) is 24.3 Å². The third-order valence-corrected chi connectivity index (χ3v) is 7.92. The zero-order valence-electron chi connectivity index (χ0n) is 15.0. The normalized spacial score (nSPS) is 25.9. The van der Waals surface area contributed by atoms with Crippen molar-refractivity contribution >= 4 is 28.1 Å². The van der Waals surface area contributed by atoms with Crippen LogP contribution in [0.4, 0.5) is 0 Å². The quantitative estimate of drug-likeness (QED) is 0.658. The van der Waals surface area contributed by atoms with Crippen molar-refractivity contribution in [1.29, 1.82) is 0 Å². The lowest BCUT2D eigenvalue weighted by Crippen LogP contribution is -2.31. The highest BCUT2D eigenvalue weighted by Gasteiger charge is 2.45. The van der Waals surface area contributed by atoms with Crippen molar-refractivity contribution in [2.75, 3.05) is 24.6 Å². The second-order valence-electron chi connectivity index (χ2n) is 7.83. The van der Waals surface area contributed by atoms with Gasteiger partial charge >= 0.3 is 0 Å². The fourth-order valence-electron chi connectivity index (χ4n) is 4.65. The van der Waals surface area contributed by atoms with E-state index in [0.29, 0.717) is 46.8 Å². The standard InChI is InChI=1S/C21H19NO5S/c23-19-15-3-1-2-4-16(15)20(24)18-7-12(5-6-17(18)19)21(25)22-8-13-10-28(26,27)11-14(13)9-22/h1-7,13-14,26-27H,8-11H2. The predicted molar refractivity (Wildman–Crippen MR) is 105 cm³/mol. The van der Waals surface area contributed by atoms with Gasteiger partial charge in [0.25, 0.3) is 5.91 Å². The highest BCUT2D eigenvalue weighted by atomic mass is 32.3. The summed E-state index contributed by atoms with van der Waals surface area (Å²) >= 11 is 0. The largest absolute Gasteiger partial charge is 0.338 e. The molecule has 6 nitrogen and oxygen atoms in total. The number of rotatable bonds is 1. The molecule has 144 valence electrons. The summed E-state index contributed by atoms with van der Waals surface area (Å²) in [6.45, 7) is 0.984. The summed E-state index contributed by atoms with van der Waals surface area (Å²) in [5.74, 6) is 0.304. The third kappa shape index (κ3) is 2.62. The highest BCUT2D eigenvalue weighted by molar-refractivity contribution is 8.24. The minimum atomic E-state index is -2.49. The molecule has 0 aromatic heterocycles. The van der Waals surface area contributed by atoms with E-state index in [1.165, 1.54) is 6.07 Å². The average molecular weight is 397 g/mol. The fraction of sp³-hybridized carbons (Fsp3) is 0.286. The average Bonchev–Trinajstić information content (AvgIpc) is 3.18. The van der Waals surface area contributed by atoms with Crippen LogP contribution in [-0.2, 0) is 0 Å². The monoisotopic (exact) mass is 397 g/mol. The minimum absolute atomic E-state index is 0.113. The lowest BCUT2D eigenvalue weighted by atomic mass is 9.83. The maximum atomic E-state index is 13.0. The van der Waals surface area contributed by atoms with Crippen molar-refractivity contribution < 1.29 is 23.5 Å². The number of benzene rings is 2. The van der Waals surface area contributed by atoms with Crippen LogP contribution in [-0.4, -0.2) is 56.1 Å². The number of fused-ring (bicyclic) bond motifs is 3. The van der Waals surface area contributed by atoms with E-state index in [1.54, 1.807) is 41.3 Å². The van der Waals surface area contributed by atoms with Gasteiger partial charge in [0.2, 0.25) is 0 Å². The maximum absolute atomic E-state index is 13.0. The van der Waals surface area contributed by atoms with Gasteiger partial charge in [-0.15, -0.1) is 0 Å². The van der Waals surface area contributed by atoms with Crippen LogP contribution in [0.5, 0.6) is 0 Å². The maximum Gasteiger partial charge on any atom is 0.253 e. The molecule has 2 atom stereocenters. The van der Waals surface area contributed by atoms with Crippen LogP contribution in [0.1, 0.15) is 42.2 Å². The molecule has 0 bridgehead atoms. The van der Waals surface area contributed by atoms with E-state index >= 15 is 0 Å². The van der Waals surface area contributed by atoms with Crippen LogP contribution in [0.25, 0.3) is 0 Å². The minimum Gasteiger partial charge on any atom is -0.338 e. The van der Waals surface area contributed by atoms with E-state index in [9.17, 15) is 23.5 Å². The summed E-state index contributed by atoms with van der Waals surface area (Å²) in [6.07, 6.45) is 0. The van der Waals surface area contributed by atoms with E-state index in [4.69, 9.17) is 0 Å². The molecule has 2 aliphatic heterocycles. The highest BCUT2D eigenvalue weighted by Crippen LogP contribution is 2.53. The molecule has 2 N–H and O–H groups in total. The molecule has 0 saturated carbocycles. The number of likely N-dealkylation sites (tertiary alicyclic amines) is 1. The molecule has 2 fully saturated rings. The number of nitrogens with zero attached hydrogens (tertiary/aromatic N) is 1. The molecular weight excluding hydrogens is 378 g/mol. The Hall–Kier alpha value is -2.48. The van der Waals surface area contributed by atoms with Crippen molar-refractivity contribution in [3.05, 3.63) is 70.3 Å². The Morgan fingerprint density at radius 2 is 1.39 bits per heavy atom. The van der Waals surface area contributed by atoms with Gasteiger partial charge < -0.3 is 4.90 Å². The van der Waals surface area contributed by atoms with Crippen molar-refractivity contribution in [3.63, 3.8) is 0 Å². The Balaban J connectivity index is 1.43. The summed E-state index contributed by atoms with van der Waals surface area (Å²) in [4.78, 5) is 40.2. The zero-order chi connectivity index (χ0) is 19.6. The molecule has 1 aliphatic carbocycles. The number of hydrogen-bond donors (Lipinski definition) is 2. The second kappa shape index (κ2) is 6.01. The lowest BCUT2D eigenvalue weighted by Gasteiger charge is -2.29. The Labute approximate surface area is 163 Å². The van der Waals surface area contributed by atoms with Crippen molar-refractivity contribution in [3.8, 4) is 0 Å². The van der Waals surface area contributed by atoms with Gasteiger partial charge in [0.05, 0.1) is 0 Å². The molecule has 5 rings (SSSR count). The Bertz CT molecular complexity index is 1030. The first-order valence-electron chi connectivity index (χ1n) is 9.19. The number of carbonyl (C=O) groups excluding carboxylic acids is 3. The molecule has 28 heavy (non-hydrogen) atoms. The van der Waals surface area contributed by atoms with Crippen LogP contribution >= 0.6 is 10.6 Å². The molecule has 0 spiro atoms. The van der Waals surface area contributed by atoms with E-state index in [0.717, 1.165) is 0 Å². The second-order valence-corrected chi connectivity index (χ2v) is 10.1. The van der Waals surface area contributed by atoms with Gasteiger partial charge in [-0.2, -0.15) is 10.6 Å². The summed E-state index contributed by atoms with van der Waals surface area (Å²) in [6, 6.07) is 11.4. The fourth-order valence-corrected chi connectivity index (χ4v) is 6.91. The molecule has 2 heterocycles. The molecule has 7 heteroatoms. The topological polar surface area (TPSA) is 94.9 Å². The van der Waals surface area contributed by atoms with Gasteiger partial charge in [0, 0.05) is 52.4 Å². The van der Waals surface area contributed by atoms with Crippen molar-refractivity contribution in [2.24, 2.45) is 11.8 Å². The molecule has 2 unspecified atom stereocenters. The molecule has 0 radical (unpaired) electrons. The van der Waals surface area contributed by atoms with E-state index < -0.39 is 10.6 Å². The first-order chi connectivity index (χ1) is 13.3. The first kappa shape index (κ1) is 17.6. The first-order valence-corrected chi connectivity index (χ1v) is 11.1. The molecule has 1 amide bonds. The van der Waals surface area contributed by atoms with E-state index in [2.05, 4.69) is 0 Å². The Morgan fingerprint density at radius 3 is 2.00 bits per heavy atom. The van der Waals surface area contributed by atoms with Crippen LogP contribution in [0.15, 0.2) is 42.5 Å². The molecule has 3 aliphatic rings. The smallest absolute Gasteiger partial charge is 0.253 e. The van der Waals surface area contributed by atoms with Gasteiger partial charge in [-0.25, -0.2) is 0 Å². The molecule has 2 aromatic rings. The third-order valence-electron chi connectivity index (χ3n) is 6.00. The predicted octanol–water partition coefficient (Wildman–Crippen LogP) is 2.91. The zero-order valence-corrected chi connectivity index (χ0v) is 15.8. The number of carbonyl (C=O) groups is 3. The van der Waals surface area contributed by atoms with Gasteiger partial charge in [0.15, 0.2) is 11.6 Å². The summed E-state index contributed by atoms with van der Waals surface area (Å²) in [5.41, 5.74) is 1.73. The van der Waals surface area contributed by atoms with Crippen LogP contribution in [0.2, 0.25) is 0 Å². The van der Waals surface area contributed by atoms with Crippen molar-refractivity contribution in [2.45, 2.75) is 0 Å². The van der Waals surface area contributed by atoms with Gasteiger partial charge in [-0.05, 0) is 30.0 Å². The van der Waals surface area contributed by atoms with Gasteiger partial charge in [-0.3, -0.25) is 23.5 Å². The Kier molecular flexibility index (Phi) is 3.78. The number of hydrogen-bond acceptors (Lipinski definition) is 5. The van der Waals surface area contributed by atoms with E-state index in [1.807, 2.05) is 0 Å². The SMILES string of the molecule is O=C1c2ccccc2C(=O)c2cc(C(=O)N3CC4CS(O)(O)CC4C3)ccc21. The van der Waals surface area contributed by atoms with Crippen molar-refractivity contribution in [1.82, 2.24) is 4.90 Å². The lowest BCUT2D eigenvalue weighted by molar-refractivity contribution is 0.0783. The van der Waals surface area contributed by atoms with Crippen LogP contribution in [0, 0.1) is 11.8 Å². The van der Waals surface area contributed by atoms with Gasteiger partial charge in [0.1, 0.15) is 0 Å². The Morgan fingerprint density at radius 1 is 0.857 bits per heavy atom. The van der Waals surface area contributed by atoms with Crippen LogP contribution < -0.4 is 0 Å². The summed E-state index contributed by atoms with van der Waals surface area (Å²) in [5, 5.41) is 0. The van der Waals surface area contributed by atoms with Crippen LogP contribution in [0.3, 0.4) is 0 Å². The number of amides is 1. The molecule has 2 aromatic carbocycles.